The molecule has 6 aromatic carbocycles. The Kier molecular flexibility index (Phi) is 6.00. The first kappa shape index (κ1) is 29.6. The van der Waals surface area contributed by atoms with Crippen molar-refractivity contribution in [2.24, 2.45) is 5.92 Å². The molecule has 0 bridgehead atoms. The number of aromatic nitrogens is 2. The van der Waals surface area contributed by atoms with Crippen molar-refractivity contribution >= 4 is 56.5 Å². The van der Waals surface area contributed by atoms with Gasteiger partial charge in [0.25, 0.3) is 0 Å². The summed E-state index contributed by atoms with van der Waals surface area (Å²) in [5, 5.41) is 49.1. The topological polar surface area (TPSA) is 98.7 Å². The van der Waals surface area contributed by atoms with Gasteiger partial charge < -0.3 is 20.4 Å². The van der Waals surface area contributed by atoms with E-state index in [1.807, 2.05) is 54.6 Å². The molecular formula is C42H29B3N2O4. The van der Waals surface area contributed by atoms with Gasteiger partial charge in [-0.2, -0.15) is 0 Å². The molecule has 1 aromatic heterocycles. The smallest absolute Gasteiger partial charge is 0.204 e. The third-order valence-electron chi connectivity index (χ3n) is 11.4. The lowest BCUT2D eigenvalue weighted by Crippen LogP contribution is -2.39. The molecule has 240 valence electrons. The lowest BCUT2D eigenvalue weighted by molar-refractivity contribution is 0.341. The number of hydrogen-bond acceptors (Lipinski definition) is 5. The van der Waals surface area contributed by atoms with Crippen LogP contribution in [-0.2, 0) is 0 Å². The van der Waals surface area contributed by atoms with E-state index in [1.165, 1.54) is 11.1 Å². The van der Waals surface area contributed by atoms with Gasteiger partial charge in [-0.25, -0.2) is 4.98 Å². The van der Waals surface area contributed by atoms with Crippen molar-refractivity contribution in [1.29, 1.82) is 0 Å². The number of benzene rings is 6. The fourth-order valence-corrected chi connectivity index (χ4v) is 8.92. The largest absolute Gasteiger partial charge is 0.504 e. The molecule has 1 unspecified atom stereocenters. The second-order valence-corrected chi connectivity index (χ2v) is 13.7. The van der Waals surface area contributed by atoms with Gasteiger partial charge in [-0.1, -0.05) is 90.4 Å². The normalized spacial score (nSPS) is 16.0. The second-order valence-electron chi connectivity index (χ2n) is 13.7. The highest BCUT2D eigenvalue weighted by Gasteiger charge is 2.41. The monoisotopic (exact) mass is 658 g/mol. The fraction of sp³-hybridized carbons (Fsp3) is 0.0238. The number of nitrogens with zero attached hydrogens (tertiary/aromatic N) is 2. The van der Waals surface area contributed by atoms with Gasteiger partial charge >= 0.3 is 0 Å². The third-order valence-corrected chi connectivity index (χ3v) is 11.4. The Morgan fingerprint density at radius 2 is 1.14 bits per heavy atom. The Morgan fingerprint density at radius 1 is 0.529 bits per heavy atom. The number of hydrogen-bond donors (Lipinski definition) is 4. The van der Waals surface area contributed by atoms with Crippen LogP contribution in [0.1, 0.15) is 11.4 Å². The molecule has 3 aliphatic rings. The Balaban J connectivity index is 1.45. The van der Waals surface area contributed by atoms with Gasteiger partial charge in [0.1, 0.15) is 29.4 Å². The zero-order valence-corrected chi connectivity index (χ0v) is 28.2. The molecule has 0 spiro atoms. The Morgan fingerprint density at radius 3 is 1.88 bits per heavy atom. The quantitative estimate of drug-likeness (QED) is 0.131. The highest BCUT2D eigenvalue weighted by Crippen LogP contribution is 2.53. The summed E-state index contributed by atoms with van der Waals surface area (Å²) in [6, 6.07) is 36.8. The maximum Gasteiger partial charge on any atom is 0.204 e. The summed E-state index contributed by atoms with van der Waals surface area (Å²) < 4.78 is 2.07. The van der Waals surface area contributed by atoms with E-state index >= 15 is 0 Å². The van der Waals surface area contributed by atoms with Crippen LogP contribution in [0.4, 0.5) is 0 Å². The van der Waals surface area contributed by atoms with Gasteiger partial charge in [-0.15, -0.1) is 10.9 Å². The second kappa shape index (κ2) is 10.3. The molecule has 1 heterocycles. The zero-order valence-electron chi connectivity index (χ0n) is 28.2. The van der Waals surface area contributed by atoms with Crippen molar-refractivity contribution in [1.82, 2.24) is 9.55 Å². The first-order chi connectivity index (χ1) is 24.8. The Bertz CT molecular complexity index is 2920. The molecule has 0 aliphatic heterocycles. The molecule has 10 rings (SSSR count). The molecule has 4 N–H and O–H groups in total. The van der Waals surface area contributed by atoms with Crippen LogP contribution < -0.4 is 10.4 Å². The summed E-state index contributed by atoms with van der Waals surface area (Å²) in [7, 11) is 6.31. The molecule has 0 fully saturated rings. The van der Waals surface area contributed by atoms with Crippen molar-refractivity contribution in [3.05, 3.63) is 153 Å². The van der Waals surface area contributed by atoms with E-state index < -0.39 is 23.0 Å². The van der Waals surface area contributed by atoms with E-state index in [2.05, 4.69) is 82.7 Å². The number of allylic oxidation sites excluding steroid dienone is 4. The van der Waals surface area contributed by atoms with Gasteiger partial charge in [0.05, 0.1) is 11.0 Å². The highest BCUT2D eigenvalue weighted by atomic mass is 16.3. The molecule has 0 saturated heterocycles. The van der Waals surface area contributed by atoms with Gasteiger partial charge in [0.15, 0.2) is 11.5 Å². The number of phenolic OH excluding ortho intramolecular Hbond substituents is 4. The first-order valence-electron chi connectivity index (χ1n) is 17.1. The molecule has 3 aliphatic carbocycles. The van der Waals surface area contributed by atoms with Crippen LogP contribution in [0.2, 0.25) is 0 Å². The average molecular weight is 658 g/mol. The van der Waals surface area contributed by atoms with Gasteiger partial charge in [0, 0.05) is 27.6 Å². The summed E-state index contributed by atoms with van der Waals surface area (Å²) in [5.74, 6) is -2.35. The predicted octanol–water partition coefficient (Wildman–Crippen LogP) is 4.05. The van der Waals surface area contributed by atoms with Crippen molar-refractivity contribution in [2.45, 2.75) is 0 Å². The summed E-state index contributed by atoms with van der Waals surface area (Å²) >= 11 is 0. The number of phenols is 4. The van der Waals surface area contributed by atoms with Crippen LogP contribution >= 0.6 is 0 Å². The predicted molar refractivity (Wildman–Crippen MR) is 210 cm³/mol. The van der Waals surface area contributed by atoms with Gasteiger partial charge in [0.2, 0.25) is 11.5 Å². The van der Waals surface area contributed by atoms with Gasteiger partial charge in [-0.05, 0) is 74.0 Å². The van der Waals surface area contributed by atoms with Crippen LogP contribution in [-0.4, -0.2) is 53.5 Å². The van der Waals surface area contributed by atoms with Crippen molar-refractivity contribution in [3.8, 4) is 50.9 Å². The summed E-state index contributed by atoms with van der Waals surface area (Å²) in [6.07, 6.45) is 0. The van der Waals surface area contributed by atoms with Crippen LogP contribution in [0.3, 0.4) is 0 Å². The lowest BCUT2D eigenvalue weighted by atomic mass is 9.68. The van der Waals surface area contributed by atoms with E-state index in [0.29, 0.717) is 11.4 Å². The molecular weight excluding hydrogens is 629 g/mol. The number of rotatable bonds is 3. The van der Waals surface area contributed by atoms with E-state index in [1.54, 1.807) is 0 Å². The molecule has 0 saturated carbocycles. The fourth-order valence-electron chi connectivity index (χ4n) is 8.92. The molecule has 0 amide bonds. The average Bonchev–Trinajstić information content (AvgIpc) is 3.78. The SMILES string of the molecule is BC1=C(B)C2C(=C1B)C(c1nc3ccccc3n1-c1ccccc1)=c1c(O)c(O)c(O)c(O)c1=C2c1ccc2c3c(cccc13)-c1ccccc1-2. The van der Waals surface area contributed by atoms with E-state index in [9.17, 15) is 20.4 Å². The Labute approximate surface area is 295 Å². The van der Waals surface area contributed by atoms with Gasteiger partial charge in [-0.3, -0.25) is 4.57 Å². The van der Waals surface area contributed by atoms with Crippen molar-refractivity contribution in [2.75, 3.05) is 0 Å². The minimum Gasteiger partial charge on any atom is -0.504 e. The number of aromatic hydroxyl groups is 4. The van der Waals surface area contributed by atoms with Crippen LogP contribution in [0, 0.1) is 5.92 Å². The van der Waals surface area contributed by atoms with Crippen LogP contribution in [0.15, 0.2) is 131 Å². The molecule has 9 heteroatoms. The molecule has 1 atom stereocenters. The summed E-state index contributed by atoms with van der Waals surface area (Å²) in [4.78, 5) is 5.21. The number of fused-ring (bicyclic) bond motifs is 6. The molecule has 0 radical (unpaired) electrons. The zero-order chi connectivity index (χ0) is 34.9. The van der Waals surface area contributed by atoms with Crippen LogP contribution in [0.25, 0.3) is 60.9 Å². The molecule has 51 heavy (non-hydrogen) atoms. The summed E-state index contributed by atoms with van der Waals surface area (Å²) in [5.41, 5.74) is 13.5. The van der Waals surface area contributed by atoms with E-state index in [-0.39, 0.29) is 16.4 Å². The summed E-state index contributed by atoms with van der Waals surface area (Å²) in [6.45, 7) is 0. The standard InChI is InChI=1S/C42H29B3N2O4/c43-35-30-29(25-18-17-24-21-12-5-4-11-20(21)22-13-8-14-23(25)28(22)24)32-33(39(49)41(51)40(50)38(32)48)34(31(30)36(44)37(35)45)42-46-26-15-6-7-16-27(26)47(42)19-9-2-1-3-10-19/h1-18,30,48-51H,43-45H2. The highest BCUT2D eigenvalue weighted by molar-refractivity contribution is 6.44. The Hall–Kier alpha value is -6.34. The third kappa shape index (κ3) is 3.72. The number of para-hydroxylation sites is 3. The van der Waals surface area contributed by atoms with Crippen molar-refractivity contribution < 1.29 is 20.4 Å². The van der Waals surface area contributed by atoms with E-state index in [4.69, 9.17) is 4.98 Å². The van der Waals surface area contributed by atoms with E-state index in [0.717, 1.165) is 71.7 Å². The molecule has 7 aromatic rings. The maximum atomic E-state index is 12.0. The van der Waals surface area contributed by atoms with Crippen LogP contribution in [0.5, 0.6) is 23.0 Å². The molecule has 6 nitrogen and oxygen atoms in total. The van der Waals surface area contributed by atoms with Crippen molar-refractivity contribution in [3.63, 3.8) is 0 Å². The first-order valence-corrected chi connectivity index (χ1v) is 17.1. The minimum atomic E-state index is -0.780. The maximum absolute atomic E-state index is 12.0. The lowest BCUT2D eigenvalue weighted by Gasteiger charge is -2.30. The number of imidazole rings is 1. The minimum absolute atomic E-state index is 0.227.